The Morgan fingerprint density at radius 2 is 1.93 bits per heavy atom. The summed E-state index contributed by atoms with van der Waals surface area (Å²) >= 11 is 0. The lowest BCUT2D eigenvalue weighted by Crippen LogP contribution is -2.26. The monoisotopic (exact) mass is 194 g/mol. The number of anilines is 1. The van der Waals surface area contributed by atoms with Crippen molar-refractivity contribution in [3.8, 4) is 0 Å². The fourth-order valence-corrected chi connectivity index (χ4v) is 1.05. The van der Waals surface area contributed by atoms with Crippen LogP contribution in [0.2, 0.25) is 0 Å². The summed E-state index contributed by atoms with van der Waals surface area (Å²) in [6.45, 7) is 3.02. The molecular weight excluding hydrogens is 180 g/mol. The molecule has 0 atom stereocenters. The van der Waals surface area contributed by atoms with Gasteiger partial charge in [0.2, 0.25) is 0 Å². The highest BCUT2D eigenvalue weighted by Crippen LogP contribution is 2.07. The van der Waals surface area contributed by atoms with Crippen molar-refractivity contribution in [3.63, 3.8) is 0 Å². The zero-order chi connectivity index (χ0) is 10.4. The number of nitrogens with one attached hydrogen (secondary N) is 2. The summed E-state index contributed by atoms with van der Waals surface area (Å²) in [7, 11) is 0. The van der Waals surface area contributed by atoms with Crippen LogP contribution in [0.1, 0.15) is 5.56 Å². The molecule has 0 bridgehead atoms. The highest BCUT2D eigenvalue weighted by Gasteiger charge is 1.93. The first-order chi connectivity index (χ1) is 6.68. The van der Waals surface area contributed by atoms with E-state index in [-0.39, 0.29) is 0 Å². The summed E-state index contributed by atoms with van der Waals surface area (Å²) < 4.78 is 0. The second-order valence-electron chi connectivity index (χ2n) is 3.02. The van der Waals surface area contributed by atoms with Crippen LogP contribution < -0.4 is 10.6 Å². The highest BCUT2D eigenvalue weighted by atomic mass is 16.4. The summed E-state index contributed by atoms with van der Waals surface area (Å²) in [5, 5.41) is 13.7. The Kier molecular flexibility index (Phi) is 3.79. The van der Waals surface area contributed by atoms with E-state index in [1.165, 1.54) is 5.56 Å². The van der Waals surface area contributed by atoms with Crippen LogP contribution in [-0.4, -0.2) is 24.3 Å². The number of benzene rings is 1. The molecule has 0 aliphatic heterocycles. The highest BCUT2D eigenvalue weighted by molar-refractivity contribution is 5.64. The first-order valence-corrected chi connectivity index (χ1v) is 4.46. The number of hydrogen-bond donors (Lipinski definition) is 3. The van der Waals surface area contributed by atoms with E-state index in [9.17, 15) is 4.79 Å². The largest absolute Gasteiger partial charge is 0.465 e. The van der Waals surface area contributed by atoms with Crippen molar-refractivity contribution in [1.82, 2.24) is 5.32 Å². The first kappa shape index (κ1) is 10.4. The van der Waals surface area contributed by atoms with Gasteiger partial charge in [-0.3, -0.25) is 0 Å². The summed E-state index contributed by atoms with van der Waals surface area (Å²) in [4.78, 5) is 10.1. The molecule has 1 amide bonds. The summed E-state index contributed by atoms with van der Waals surface area (Å²) in [5.74, 6) is 0. The van der Waals surface area contributed by atoms with Crippen LogP contribution in [-0.2, 0) is 0 Å². The van der Waals surface area contributed by atoms with E-state index in [1.54, 1.807) is 0 Å². The van der Waals surface area contributed by atoms with Crippen LogP contribution in [0, 0.1) is 6.92 Å². The molecule has 0 aliphatic carbocycles. The van der Waals surface area contributed by atoms with E-state index in [0.717, 1.165) is 5.69 Å². The normalized spacial score (nSPS) is 9.50. The maximum absolute atomic E-state index is 10.1. The number of carboxylic acid groups (broad SMARTS) is 1. The first-order valence-electron chi connectivity index (χ1n) is 4.46. The molecule has 0 unspecified atom stereocenters. The van der Waals surface area contributed by atoms with Gasteiger partial charge in [0.25, 0.3) is 0 Å². The molecule has 14 heavy (non-hydrogen) atoms. The third kappa shape index (κ3) is 3.80. The quantitative estimate of drug-likeness (QED) is 0.639. The van der Waals surface area contributed by atoms with Gasteiger partial charge < -0.3 is 15.7 Å². The van der Waals surface area contributed by atoms with Crippen LogP contribution in [0.5, 0.6) is 0 Å². The van der Waals surface area contributed by atoms with Crippen LogP contribution in [0.15, 0.2) is 24.3 Å². The molecule has 4 heteroatoms. The Bertz CT molecular complexity index is 295. The lowest BCUT2D eigenvalue weighted by Gasteiger charge is -2.06. The predicted octanol–water partition coefficient (Wildman–Crippen LogP) is 1.67. The fraction of sp³-hybridized carbons (Fsp3) is 0.300. The predicted molar refractivity (Wildman–Crippen MR) is 55.7 cm³/mol. The van der Waals surface area contributed by atoms with E-state index in [1.807, 2.05) is 31.2 Å². The third-order valence-corrected chi connectivity index (χ3v) is 1.78. The number of amides is 1. The smallest absolute Gasteiger partial charge is 0.404 e. The van der Waals surface area contributed by atoms with Gasteiger partial charge in [0, 0.05) is 18.8 Å². The average Bonchev–Trinajstić information content (AvgIpc) is 2.15. The Balaban J connectivity index is 2.25. The Morgan fingerprint density at radius 1 is 1.29 bits per heavy atom. The van der Waals surface area contributed by atoms with E-state index in [2.05, 4.69) is 10.6 Å². The molecule has 3 N–H and O–H groups in total. The van der Waals surface area contributed by atoms with Crippen LogP contribution in [0.4, 0.5) is 10.5 Å². The molecule has 4 nitrogen and oxygen atoms in total. The topological polar surface area (TPSA) is 61.4 Å². The third-order valence-electron chi connectivity index (χ3n) is 1.78. The molecular formula is C10H14N2O2. The summed E-state index contributed by atoms with van der Waals surface area (Å²) in [5.41, 5.74) is 2.21. The lowest BCUT2D eigenvalue weighted by atomic mass is 10.2. The Labute approximate surface area is 82.9 Å². The molecule has 1 aromatic rings. The van der Waals surface area contributed by atoms with E-state index in [4.69, 9.17) is 5.11 Å². The van der Waals surface area contributed by atoms with E-state index < -0.39 is 6.09 Å². The van der Waals surface area contributed by atoms with Gasteiger partial charge in [0.1, 0.15) is 0 Å². The van der Waals surface area contributed by atoms with Crippen molar-refractivity contribution >= 4 is 11.8 Å². The molecule has 0 heterocycles. The number of aryl methyl sites for hydroxylation is 1. The number of carbonyl (C=O) groups is 1. The van der Waals surface area contributed by atoms with E-state index in [0.29, 0.717) is 13.1 Å². The lowest BCUT2D eigenvalue weighted by molar-refractivity contribution is 0.195. The van der Waals surface area contributed by atoms with Gasteiger partial charge in [-0.1, -0.05) is 17.7 Å². The molecule has 1 aromatic carbocycles. The average molecular weight is 194 g/mol. The Hall–Kier alpha value is -1.71. The zero-order valence-electron chi connectivity index (χ0n) is 8.08. The second kappa shape index (κ2) is 5.11. The minimum absolute atomic E-state index is 0.406. The molecule has 0 saturated heterocycles. The molecule has 0 radical (unpaired) electrons. The van der Waals surface area contributed by atoms with Crippen molar-refractivity contribution in [2.75, 3.05) is 18.4 Å². The molecule has 0 spiro atoms. The Morgan fingerprint density at radius 3 is 2.50 bits per heavy atom. The molecule has 76 valence electrons. The SMILES string of the molecule is Cc1ccc(NCCNC(=O)O)cc1. The van der Waals surface area contributed by atoms with Gasteiger partial charge in [-0.25, -0.2) is 4.79 Å². The van der Waals surface area contributed by atoms with Crippen molar-refractivity contribution in [2.45, 2.75) is 6.92 Å². The summed E-state index contributed by atoms with van der Waals surface area (Å²) in [6, 6.07) is 7.95. The van der Waals surface area contributed by atoms with Crippen molar-refractivity contribution in [1.29, 1.82) is 0 Å². The zero-order valence-corrected chi connectivity index (χ0v) is 8.08. The van der Waals surface area contributed by atoms with Gasteiger partial charge in [-0.05, 0) is 19.1 Å². The molecule has 1 rings (SSSR count). The molecule has 0 fully saturated rings. The van der Waals surface area contributed by atoms with Crippen molar-refractivity contribution in [3.05, 3.63) is 29.8 Å². The minimum Gasteiger partial charge on any atom is -0.465 e. The fourth-order valence-electron chi connectivity index (χ4n) is 1.05. The molecule has 0 aromatic heterocycles. The van der Waals surface area contributed by atoms with Crippen LogP contribution >= 0.6 is 0 Å². The van der Waals surface area contributed by atoms with Gasteiger partial charge >= 0.3 is 6.09 Å². The maximum Gasteiger partial charge on any atom is 0.404 e. The van der Waals surface area contributed by atoms with Gasteiger partial charge in [-0.2, -0.15) is 0 Å². The maximum atomic E-state index is 10.1. The minimum atomic E-state index is -0.990. The number of rotatable bonds is 4. The molecule has 0 saturated carbocycles. The van der Waals surface area contributed by atoms with Crippen LogP contribution in [0.25, 0.3) is 0 Å². The van der Waals surface area contributed by atoms with Crippen molar-refractivity contribution in [2.24, 2.45) is 0 Å². The van der Waals surface area contributed by atoms with E-state index >= 15 is 0 Å². The molecule has 0 aliphatic rings. The second-order valence-corrected chi connectivity index (χ2v) is 3.02. The van der Waals surface area contributed by atoms with Gasteiger partial charge in [-0.15, -0.1) is 0 Å². The van der Waals surface area contributed by atoms with Crippen molar-refractivity contribution < 1.29 is 9.90 Å². The number of hydrogen-bond acceptors (Lipinski definition) is 2. The van der Waals surface area contributed by atoms with Crippen LogP contribution in [0.3, 0.4) is 0 Å². The van der Waals surface area contributed by atoms with Gasteiger partial charge in [0.05, 0.1) is 0 Å². The standard InChI is InChI=1S/C10H14N2O2/c1-8-2-4-9(5-3-8)11-6-7-12-10(13)14/h2-5,11-12H,6-7H2,1H3,(H,13,14). The summed E-state index contributed by atoms with van der Waals surface area (Å²) in [6.07, 6.45) is -0.990. The van der Waals surface area contributed by atoms with Gasteiger partial charge in [0.15, 0.2) is 0 Å².